The van der Waals surface area contributed by atoms with E-state index in [0.717, 1.165) is 24.2 Å². The van der Waals surface area contributed by atoms with Crippen molar-refractivity contribution in [2.45, 2.75) is 19.3 Å². The molecule has 1 amide bonds. The van der Waals surface area contributed by atoms with Crippen molar-refractivity contribution >= 4 is 5.91 Å². The summed E-state index contributed by atoms with van der Waals surface area (Å²) in [5.74, 6) is 0.871. The van der Waals surface area contributed by atoms with Gasteiger partial charge in [0, 0.05) is 6.54 Å². The number of ether oxygens (including phenoxy) is 1. The molecule has 1 N–H and O–H groups in total. The summed E-state index contributed by atoms with van der Waals surface area (Å²) in [7, 11) is 1.63. The molecule has 0 heterocycles. The first-order valence-electron chi connectivity index (χ1n) is 7.21. The van der Waals surface area contributed by atoms with E-state index in [9.17, 15) is 4.79 Å². The van der Waals surface area contributed by atoms with Gasteiger partial charge in [0.25, 0.3) is 0 Å². The minimum absolute atomic E-state index is 0.0632. The van der Waals surface area contributed by atoms with Gasteiger partial charge >= 0.3 is 0 Å². The fraction of sp³-hybridized carbons (Fsp3) is 0.278. The molecule has 0 aliphatic carbocycles. The zero-order chi connectivity index (χ0) is 14.9. The molecule has 0 aliphatic heterocycles. The number of carbonyl (C=O) groups is 1. The van der Waals surface area contributed by atoms with E-state index in [4.69, 9.17) is 4.74 Å². The Kier molecular flexibility index (Phi) is 5.83. The van der Waals surface area contributed by atoms with Gasteiger partial charge in [-0.1, -0.05) is 42.5 Å². The lowest BCUT2D eigenvalue weighted by Gasteiger charge is -2.06. The van der Waals surface area contributed by atoms with E-state index in [1.54, 1.807) is 7.11 Å². The van der Waals surface area contributed by atoms with Gasteiger partial charge in [-0.3, -0.25) is 4.79 Å². The Bertz CT molecular complexity index is 549. The van der Waals surface area contributed by atoms with Gasteiger partial charge in [0.2, 0.25) is 5.91 Å². The summed E-state index contributed by atoms with van der Waals surface area (Å²) >= 11 is 0. The summed E-state index contributed by atoms with van der Waals surface area (Å²) < 4.78 is 5.10. The van der Waals surface area contributed by atoms with E-state index < -0.39 is 0 Å². The lowest BCUT2D eigenvalue weighted by molar-refractivity contribution is -0.120. The quantitative estimate of drug-likeness (QED) is 0.793. The molecule has 0 aromatic heterocycles. The molecule has 2 rings (SSSR count). The molecule has 0 unspecified atom stereocenters. The molecule has 110 valence electrons. The average Bonchev–Trinajstić information content (AvgIpc) is 2.53. The van der Waals surface area contributed by atoms with Crippen molar-refractivity contribution in [2.75, 3.05) is 13.7 Å². The fourth-order valence-electron chi connectivity index (χ4n) is 2.16. The van der Waals surface area contributed by atoms with Crippen molar-refractivity contribution in [3.63, 3.8) is 0 Å². The number of hydrogen-bond acceptors (Lipinski definition) is 2. The molecule has 3 heteroatoms. The molecule has 0 spiro atoms. The number of rotatable bonds is 7. The molecular weight excluding hydrogens is 262 g/mol. The van der Waals surface area contributed by atoms with Crippen molar-refractivity contribution < 1.29 is 9.53 Å². The molecule has 2 aromatic rings. The molecule has 0 aliphatic rings. The van der Waals surface area contributed by atoms with Crippen LogP contribution in [0, 0.1) is 0 Å². The van der Waals surface area contributed by atoms with Crippen molar-refractivity contribution in [3.8, 4) is 5.75 Å². The lowest BCUT2D eigenvalue weighted by atomic mass is 10.1. The van der Waals surface area contributed by atoms with Gasteiger partial charge in [-0.25, -0.2) is 0 Å². The van der Waals surface area contributed by atoms with E-state index in [2.05, 4.69) is 17.4 Å². The predicted octanol–water partition coefficient (Wildman–Crippen LogP) is 2.99. The summed E-state index contributed by atoms with van der Waals surface area (Å²) in [5.41, 5.74) is 2.30. The third kappa shape index (κ3) is 5.30. The van der Waals surface area contributed by atoms with Crippen LogP contribution in [0.4, 0.5) is 0 Å². The fourth-order valence-corrected chi connectivity index (χ4v) is 2.16. The summed E-state index contributed by atoms with van der Waals surface area (Å²) in [4.78, 5) is 11.8. The van der Waals surface area contributed by atoms with Gasteiger partial charge in [-0.15, -0.1) is 0 Å². The second-order valence-electron chi connectivity index (χ2n) is 4.96. The van der Waals surface area contributed by atoms with Crippen LogP contribution in [0.25, 0.3) is 0 Å². The first kappa shape index (κ1) is 15.1. The summed E-state index contributed by atoms with van der Waals surface area (Å²) in [6.45, 7) is 0.712. The Morgan fingerprint density at radius 3 is 2.38 bits per heavy atom. The molecule has 0 bridgehead atoms. The number of hydrogen-bond donors (Lipinski definition) is 1. The molecule has 0 saturated carbocycles. The van der Waals surface area contributed by atoms with E-state index in [-0.39, 0.29) is 5.91 Å². The highest BCUT2D eigenvalue weighted by molar-refractivity contribution is 5.78. The molecule has 0 atom stereocenters. The van der Waals surface area contributed by atoms with Gasteiger partial charge < -0.3 is 10.1 Å². The van der Waals surface area contributed by atoms with Gasteiger partial charge in [0.15, 0.2) is 0 Å². The van der Waals surface area contributed by atoms with Crippen LogP contribution in [0.3, 0.4) is 0 Å². The van der Waals surface area contributed by atoms with Crippen molar-refractivity contribution in [1.29, 1.82) is 0 Å². The van der Waals surface area contributed by atoms with Crippen molar-refractivity contribution in [1.82, 2.24) is 5.32 Å². The minimum Gasteiger partial charge on any atom is -0.497 e. The standard InChI is InChI=1S/C18H21NO2/c1-21-17-11-9-16(10-12-17)14-18(20)19-13-5-8-15-6-3-2-4-7-15/h2-4,6-7,9-12H,5,8,13-14H2,1H3,(H,19,20). The largest absolute Gasteiger partial charge is 0.497 e. The normalized spacial score (nSPS) is 10.1. The van der Waals surface area contributed by atoms with E-state index in [0.29, 0.717) is 13.0 Å². The number of amides is 1. The highest BCUT2D eigenvalue weighted by Gasteiger charge is 2.03. The van der Waals surface area contributed by atoms with Crippen LogP contribution in [-0.2, 0) is 17.6 Å². The Morgan fingerprint density at radius 2 is 1.71 bits per heavy atom. The molecule has 0 radical (unpaired) electrons. The van der Waals surface area contributed by atoms with Gasteiger partial charge in [-0.2, -0.15) is 0 Å². The molecule has 2 aromatic carbocycles. The van der Waals surface area contributed by atoms with E-state index >= 15 is 0 Å². The summed E-state index contributed by atoms with van der Waals surface area (Å²) in [5, 5.41) is 2.96. The van der Waals surface area contributed by atoms with Crippen molar-refractivity contribution in [2.24, 2.45) is 0 Å². The Balaban J connectivity index is 1.67. The number of nitrogens with one attached hydrogen (secondary N) is 1. The highest BCUT2D eigenvalue weighted by Crippen LogP contribution is 2.11. The summed E-state index contributed by atoms with van der Waals surface area (Å²) in [6, 6.07) is 17.9. The highest BCUT2D eigenvalue weighted by atomic mass is 16.5. The third-order valence-electron chi connectivity index (χ3n) is 3.33. The van der Waals surface area contributed by atoms with Crippen LogP contribution in [-0.4, -0.2) is 19.6 Å². The number of aryl methyl sites for hydroxylation is 1. The Morgan fingerprint density at radius 1 is 1.00 bits per heavy atom. The van der Waals surface area contributed by atoms with Crippen molar-refractivity contribution in [3.05, 3.63) is 65.7 Å². The SMILES string of the molecule is COc1ccc(CC(=O)NCCCc2ccccc2)cc1. The maximum absolute atomic E-state index is 11.8. The van der Waals surface area contributed by atoms with Gasteiger partial charge in [-0.05, 0) is 36.1 Å². The summed E-state index contributed by atoms with van der Waals surface area (Å²) in [6.07, 6.45) is 2.36. The van der Waals surface area contributed by atoms with Crippen LogP contribution in [0.1, 0.15) is 17.5 Å². The predicted molar refractivity (Wildman–Crippen MR) is 84.5 cm³/mol. The topological polar surface area (TPSA) is 38.3 Å². The second kappa shape index (κ2) is 8.10. The third-order valence-corrected chi connectivity index (χ3v) is 3.33. The number of carbonyl (C=O) groups excluding carboxylic acids is 1. The Hall–Kier alpha value is -2.29. The maximum Gasteiger partial charge on any atom is 0.224 e. The zero-order valence-corrected chi connectivity index (χ0v) is 12.3. The molecular formula is C18H21NO2. The number of methoxy groups -OCH3 is 1. The van der Waals surface area contributed by atoms with Gasteiger partial charge in [0.1, 0.15) is 5.75 Å². The van der Waals surface area contributed by atoms with Crippen LogP contribution >= 0.6 is 0 Å². The molecule has 0 saturated heterocycles. The van der Waals surface area contributed by atoms with Gasteiger partial charge in [0.05, 0.1) is 13.5 Å². The van der Waals surface area contributed by atoms with Crippen LogP contribution < -0.4 is 10.1 Å². The van der Waals surface area contributed by atoms with Crippen LogP contribution in [0.2, 0.25) is 0 Å². The van der Waals surface area contributed by atoms with Crippen LogP contribution in [0.15, 0.2) is 54.6 Å². The van der Waals surface area contributed by atoms with E-state index in [1.807, 2.05) is 42.5 Å². The first-order valence-corrected chi connectivity index (χ1v) is 7.21. The second-order valence-corrected chi connectivity index (χ2v) is 4.96. The molecule has 0 fully saturated rings. The smallest absolute Gasteiger partial charge is 0.224 e. The molecule has 3 nitrogen and oxygen atoms in total. The lowest BCUT2D eigenvalue weighted by Crippen LogP contribution is -2.26. The molecule has 21 heavy (non-hydrogen) atoms. The van der Waals surface area contributed by atoms with E-state index in [1.165, 1.54) is 5.56 Å². The maximum atomic E-state index is 11.8. The first-order chi connectivity index (χ1) is 10.3. The van der Waals surface area contributed by atoms with Crippen LogP contribution in [0.5, 0.6) is 5.75 Å². The number of benzene rings is 2. The average molecular weight is 283 g/mol. The monoisotopic (exact) mass is 283 g/mol. The minimum atomic E-state index is 0.0632. The Labute approximate surface area is 126 Å². The zero-order valence-electron chi connectivity index (χ0n) is 12.3.